The van der Waals surface area contributed by atoms with Crippen LogP contribution in [-0.4, -0.2) is 29.2 Å². The van der Waals surface area contributed by atoms with Crippen molar-refractivity contribution in [3.8, 4) is 17.2 Å². The fourth-order valence-corrected chi connectivity index (χ4v) is 6.16. The van der Waals surface area contributed by atoms with Crippen LogP contribution in [0.15, 0.2) is 82.5 Å². The number of ether oxygens (including phenoxy) is 3. The minimum Gasteiger partial charge on any atom is -0.479 e. The standard InChI is InChI=1S/C33H34N4O5/c1-2-10-27(32(38)39)40-28-19-21-17-18-26(37-36-20-35-34)24-15-9-16-25(24)29(21)31-30(28)41-33(42-31,22-11-5-3-6-12-22)23-13-7-4-8-14-23/h3-8,11-14,19-20,27H,2,9-10,15-18,34H2,1H3,(H,35,36)(H,38,39). The van der Waals surface area contributed by atoms with Crippen LogP contribution in [0.4, 0.5) is 0 Å². The van der Waals surface area contributed by atoms with Crippen molar-refractivity contribution in [1.82, 2.24) is 5.43 Å². The highest BCUT2D eigenvalue weighted by molar-refractivity contribution is 6.09. The zero-order valence-corrected chi connectivity index (χ0v) is 23.5. The number of benzene rings is 3. The van der Waals surface area contributed by atoms with Gasteiger partial charge < -0.3 is 25.2 Å². The van der Waals surface area contributed by atoms with Gasteiger partial charge in [-0.25, -0.2) is 4.79 Å². The summed E-state index contributed by atoms with van der Waals surface area (Å²) in [6.45, 7) is 1.94. The molecule has 0 radical (unpaired) electrons. The van der Waals surface area contributed by atoms with Crippen molar-refractivity contribution < 1.29 is 24.1 Å². The first-order valence-corrected chi connectivity index (χ1v) is 14.4. The van der Waals surface area contributed by atoms with Gasteiger partial charge in [0, 0.05) is 16.7 Å². The van der Waals surface area contributed by atoms with Gasteiger partial charge in [0.25, 0.3) is 0 Å². The van der Waals surface area contributed by atoms with Crippen LogP contribution in [0.3, 0.4) is 0 Å². The minimum atomic E-state index is -1.29. The maximum absolute atomic E-state index is 12.2. The third-order valence-electron chi connectivity index (χ3n) is 8.01. The second kappa shape index (κ2) is 11.6. The third-order valence-corrected chi connectivity index (χ3v) is 8.01. The molecule has 3 aromatic carbocycles. The Bertz CT molecular complexity index is 1530. The smallest absolute Gasteiger partial charge is 0.344 e. The van der Waals surface area contributed by atoms with Crippen LogP contribution in [0.2, 0.25) is 0 Å². The number of allylic oxidation sites excluding steroid dienone is 2. The van der Waals surface area contributed by atoms with Crippen molar-refractivity contribution in [1.29, 1.82) is 0 Å². The average Bonchev–Trinajstić information content (AvgIpc) is 3.63. The van der Waals surface area contributed by atoms with E-state index < -0.39 is 17.9 Å². The number of aryl methyl sites for hydroxylation is 1. The van der Waals surface area contributed by atoms with E-state index in [0.717, 1.165) is 47.2 Å². The maximum Gasteiger partial charge on any atom is 0.344 e. The number of carboxylic acid groups (broad SMARTS) is 1. The Labute approximate surface area is 244 Å². The van der Waals surface area contributed by atoms with Gasteiger partial charge in [-0.3, -0.25) is 5.43 Å². The summed E-state index contributed by atoms with van der Waals surface area (Å²) in [5.41, 5.74) is 9.75. The lowest BCUT2D eigenvalue weighted by Gasteiger charge is -2.29. The molecule has 1 atom stereocenters. The van der Waals surface area contributed by atoms with Gasteiger partial charge in [-0.05, 0) is 61.3 Å². The van der Waals surface area contributed by atoms with E-state index in [1.165, 1.54) is 17.5 Å². The number of rotatable bonds is 9. The molecule has 9 nitrogen and oxygen atoms in total. The summed E-state index contributed by atoms with van der Waals surface area (Å²) in [6, 6.07) is 21.6. The van der Waals surface area contributed by atoms with E-state index in [9.17, 15) is 9.90 Å². The van der Waals surface area contributed by atoms with Gasteiger partial charge in [0.2, 0.25) is 5.75 Å². The molecule has 1 heterocycles. The molecular formula is C33H34N4O5. The molecule has 1 aliphatic heterocycles. The number of hydrazone groups is 2. The van der Waals surface area contributed by atoms with E-state index in [2.05, 4.69) is 15.6 Å². The number of carbonyl (C=O) groups is 1. The van der Waals surface area contributed by atoms with Gasteiger partial charge >= 0.3 is 11.8 Å². The molecule has 2 aliphatic carbocycles. The number of carboxylic acids is 1. The quantitative estimate of drug-likeness (QED) is 0.131. The first kappa shape index (κ1) is 27.4. The number of nitrogens with zero attached hydrogens (tertiary/aromatic N) is 2. The summed E-state index contributed by atoms with van der Waals surface area (Å²) < 4.78 is 20.2. The van der Waals surface area contributed by atoms with Crippen LogP contribution in [0, 0.1) is 0 Å². The number of nitrogens with two attached hydrogens (primary N) is 1. The molecule has 4 N–H and O–H groups in total. The van der Waals surface area contributed by atoms with Crippen molar-refractivity contribution in [2.75, 3.05) is 0 Å². The van der Waals surface area contributed by atoms with Gasteiger partial charge in [-0.2, -0.15) is 10.2 Å². The molecule has 42 heavy (non-hydrogen) atoms. The highest BCUT2D eigenvalue weighted by Gasteiger charge is 2.49. The largest absolute Gasteiger partial charge is 0.479 e. The number of aliphatic carboxylic acids is 1. The van der Waals surface area contributed by atoms with Gasteiger partial charge in [-0.1, -0.05) is 74.0 Å². The monoisotopic (exact) mass is 566 g/mol. The van der Waals surface area contributed by atoms with Gasteiger partial charge in [0.15, 0.2) is 17.6 Å². The van der Waals surface area contributed by atoms with Crippen molar-refractivity contribution >= 4 is 23.6 Å². The average molecular weight is 567 g/mol. The van der Waals surface area contributed by atoms with Crippen LogP contribution in [-0.2, 0) is 17.0 Å². The van der Waals surface area contributed by atoms with Crippen molar-refractivity contribution in [2.24, 2.45) is 16.0 Å². The van der Waals surface area contributed by atoms with E-state index >= 15 is 0 Å². The SMILES string of the molecule is CCCC(Oc1cc2c(c3c1OC(c1ccccc1)(c1ccccc1)O3)C1=C(CCC1)C(=NNC=NN)CC2)C(=O)O. The van der Waals surface area contributed by atoms with Crippen LogP contribution >= 0.6 is 0 Å². The number of fused-ring (bicyclic) bond motifs is 4. The Morgan fingerprint density at radius 3 is 2.33 bits per heavy atom. The molecule has 0 fully saturated rings. The second-order valence-electron chi connectivity index (χ2n) is 10.6. The molecular weight excluding hydrogens is 532 g/mol. The minimum absolute atomic E-state index is 0.366. The Hall–Kier alpha value is -4.79. The lowest BCUT2D eigenvalue weighted by atomic mass is 9.95. The molecule has 216 valence electrons. The predicted molar refractivity (Wildman–Crippen MR) is 161 cm³/mol. The van der Waals surface area contributed by atoms with Crippen molar-refractivity contribution in [3.63, 3.8) is 0 Å². The summed E-state index contributed by atoms with van der Waals surface area (Å²) in [6.07, 6.45) is 5.44. The molecule has 0 spiro atoms. The molecule has 0 bridgehead atoms. The molecule has 6 rings (SSSR count). The zero-order chi connectivity index (χ0) is 29.1. The summed E-state index contributed by atoms with van der Waals surface area (Å²) >= 11 is 0. The summed E-state index contributed by atoms with van der Waals surface area (Å²) in [5, 5.41) is 18.1. The Morgan fingerprint density at radius 2 is 1.69 bits per heavy atom. The number of hydrogen-bond donors (Lipinski definition) is 3. The Balaban J connectivity index is 1.57. The Morgan fingerprint density at radius 1 is 1.02 bits per heavy atom. The van der Waals surface area contributed by atoms with Gasteiger partial charge in [0.05, 0.1) is 5.71 Å². The molecule has 0 saturated carbocycles. The van der Waals surface area contributed by atoms with Crippen molar-refractivity contribution in [3.05, 3.63) is 94.6 Å². The van der Waals surface area contributed by atoms with E-state index in [1.54, 1.807) is 0 Å². The molecule has 3 aromatic rings. The van der Waals surface area contributed by atoms with E-state index in [-0.39, 0.29) is 0 Å². The normalized spacial score (nSPS) is 18.5. The summed E-state index contributed by atoms with van der Waals surface area (Å²) in [5.74, 6) is 4.32. The second-order valence-corrected chi connectivity index (χ2v) is 10.6. The molecule has 3 aliphatic rings. The van der Waals surface area contributed by atoms with Crippen LogP contribution in [0.5, 0.6) is 17.2 Å². The fraction of sp³-hybridized carbons (Fsp3) is 0.303. The third kappa shape index (κ3) is 4.85. The lowest BCUT2D eigenvalue weighted by molar-refractivity contribution is -0.145. The van der Waals surface area contributed by atoms with E-state index in [1.807, 2.05) is 73.7 Å². The van der Waals surface area contributed by atoms with E-state index in [0.29, 0.717) is 42.9 Å². The molecule has 0 aromatic heterocycles. The Kier molecular flexibility index (Phi) is 7.56. The molecule has 0 amide bonds. The fourth-order valence-electron chi connectivity index (χ4n) is 6.16. The van der Waals surface area contributed by atoms with Gasteiger partial charge in [0.1, 0.15) is 6.34 Å². The summed E-state index contributed by atoms with van der Waals surface area (Å²) in [4.78, 5) is 12.2. The lowest BCUT2D eigenvalue weighted by Crippen LogP contribution is -2.37. The maximum atomic E-state index is 12.2. The first-order chi connectivity index (χ1) is 20.6. The van der Waals surface area contributed by atoms with Gasteiger partial charge in [-0.15, -0.1) is 0 Å². The molecule has 9 heteroatoms. The summed E-state index contributed by atoms with van der Waals surface area (Å²) in [7, 11) is 0. The first-order valence-electron chi connectivity index (χ1n) is 14.4. The number of nitrogens with one attached hydrogen (secondary N) is 1. The highest BCUT2D eigenvalue weighted by Crippen LogP contribution is 2.58. The van der Waals surface area contributed by atoms with Crippen LogP contribution < -0.4 is 25.5 Å². The van der Waals surface area contributed by atoms with Crippen LogP contribution in [0.1, 0.15) is 67.7 Å². The predicted octanol–water partition coefficient (Wildman–Crippen LogP) is 5.72. The number of hydrogen-bond acceptors (Lipinski definition) is 7. The van der Waals surface area contributed by atoms with Crippen LogP contribution in [0.25, 0.3) is 5.57 Å². The molecule has 1 unspecified atom stereocenters. The molecule has 0 saturated heterocycles. The zero-order valence-electron chi connectivity index (χ0n) is 23.5. The van der Waals surface area contributed by atoms with E-state index in [4.69, 9.17) is 20.1 Å². The topological polar surface area (TPSA) is 128 Å². The van der Waals surface area contributed by atoms with Crippen molar-refractivity contribution in [2.45, 2.75) is 63.8 Å². The highest BCUT2D eigenvalue weighted by atomic mass is 16.7.